The molecule has 2 saturated heterocycles. The molecule has 0 aliphatic carbocycles. The van der Waals surface area contributed by atoms with Crippen molar-refractivity contribution in [3.05, 3.63) is 77.4 Å². The summed E-state index contributed by atoms with van der Waals surface area (Å²) < 4.78 is 8.64. The minimum Gasteiger partial charge on any atom is -0.383 e. The number of allylic oxidation sites excluding steroid dienone is 1. The van der Waals surface area contributed by atoms with Crippen molar-refractivity contribution in [3.63, 3.8) is 0 Å². The van der Waals surface area contributed by atoms with Gasteiger partial charge in [-0.05, 0) is 43.4 Å². The minimum absolute atomic E-state index is 0.241. The van der Waals surface area contributed by atoms with Gasteiger partial charge in [0.05, 0.1) is 12.2 Å². The molecule has 0 unspecified atom stereocenters. The van der Waals surface area contributed by atoms with E-state index < -0.39 is 5.60 Å². The Bertz CT molecular complexity index is 1560. The molecule has 5 heterocycles. The topological polar surface area (TPSA) is 114 Å². The molecule has 0 atom stereocenters. The van der Waals surface area contributed by atoms with E-state index in [1.807, 2.05) is 24.3 Å². The molecule has 0 radical (unpaired) electrons. The summed E-state index contributed by atoms with van der Waals surface area (Å²) in [4.78, 5) is 32.0. The monoisotopic (exact) mass is 542 g/mol. The molecule has 40 heavy (non-hydrogen) atoms. The van der Waals surface area contributed by atoms with Gasteiger partial charge in [-0.25, -0.2) is 19.3 Å². The maximum atomic E-state index is 13.3. The fourth-order valence-corrected chi connectivity index (χ4v) is 5.32. The molecule has 0 amide bonds. The molecule has 0 spiro atoms. The average Bonchev–Trinajstić information content (AvgIpc) is 3.25. The third-order valence-corrected chi connectivity index (χ3v) is 7.72. The van der Waals surface area contributed by atoms with Crippen LogP contribution >= 0.6 is 0 Å². The number of anilines is 3. The van der Waals surface area contributed by atoms with Crippen molar-refractivity contribution >= 4 is 28.4 Å². The van der Waals surface area contributed by atoms with Crippen LogP contribution in [0.1, 0.15) is 18.5 Å². The van der Waals surface area contributed by atoms with Crippen molar-refractivity contribution in [2.75, 3.05) is 56.7 Å². The molecular weight excluding hydrogens is 508 g/mol. The van der Waals surface area contributed by atoms with Crippen LogP contribution in [0.3, 0.4) is 0 Å². The van der Waals surface area contributed by atoms with Crippen molar-refractivity contribution in [1.29, 1.82) is 0 Å². The van der Waals surface area contributed by atoms with Gasteiger partial charge in [0.25, 0.3) is 5.56 Å². The van der Waals surface area contributed by atoms with E-state index in [1.165, 1.54) is 16.6 Å². The Balaban J connectivity index is 1.34. The number of likely N-dealkylation sites (N-methyl/N-ethyl adjacent to an activating group) is 1. The summed E-state index contributed by atoms with van der Waals surface area (Å²) in [5, 5.41) is 14.9. The molecule has 6 rings (SSSR count). The quantitative estimate of drug-likeness (QED) is 0.340. The molecule has 2 fully saturated rings. The maximum Gasteiger partial charge on any atom is 0.278 e. The number of hydrogen-bond acceptors (Lipinski definition) is 9. The summed E-state index contributed by atoms with van der Waals surface area (Å²) in [5.41, 5.74) is 1.66. The van der Waals surface area contributed by atoms with Crippen LogP contribution in [0.15, 0.2) is 66.1 Å². The van der Waals surface area contributed by atoms with Crippen molar-refractivity contribution in [2.24, 2.45) is 0 Å². The molecule has 11 heteroatoms. The van der Waals surface area contributed by atoms with E-state index in [-0.39, 0.29) is 12.1 Å². The third kappa shape index (κ3) is 4.99. The van der Waals surface area contributed by atoms with Crippen LogP contribution in [0.4, 0.5) is 17.3 Å². The Labute approximate surface area is 232 Å². The largest absolute Gasteiger partial charge is 0.383 e. The molecule has 2 N–H and O–H groups in total. The zero-order valence-corrected chi connectivity index (χ0v) is 22.7. The van der Waals surface area contributed by atoms with E-state index in [9.17, 15) is 9.90 Å². The predicted molar refractivity (Wildman–Crippen MR) is 155 cm³/mol. The van der Waals surface area contributed by atoms with Gasteiger partial charge < -0.3 is 25.0 Å². The SMILES string of the molecule is C=CCn1c(=O)c2cnc(Nc3ccc(N4CCN(C)CC4)cc3)nc2n1-c1cccc(C2(O)CCOCC2)n1. The first-order valence-corrected chi connectivity index (χ1v) is 13.6. The average molecular weight is 543 g/mol. The second-order valence-electron chi connectivity index (χ2n) is 10.4. The van der Waals surface area contributed by atoms with Crippen LogP contribution in [0, 0.1) is 0 Å². The molecule has 11 nitrogen and oxygen atoms in total. The Morgan fingerprint density at radius 3 is 2.55 bits per heavy atom. The molecular formula is C29H34N8O3. The van der Waals surface area contributed by atoms with E-state index in [0.717, 1.165) is 31.9 Å². The number of nitrogens with zero attached hydrogens (tertiary/aromatic N) is 7. The smallest absolute Gasteiger partial charge is 0.278 e. The summed E-state index contributed by atoms with van der Waals surface area (Å²) >= 11 is 0. The maximum absolute atomic E-state index is 13.3. The number of benzene rings is 1. The van der Waals surface area contributed by atoms with Gasteiger partial charge in [-0.15, -0.1) is 6.58 Å². The standard InChI is InChI=1S/C29H34N8O3/c1-3-13-36-27(38)23-20-30-28(31-21-7-9-22(10-8-21)35-16-14-34(2)15-17-35)33-26(23)37(36)25-6-4-5-24(32-25)29(39)11-18-40-19-12-29/h3-10,20,39H,1,11-19H2,2H3,(H,30,31,33). The molecule has 2 aliphatic rings. The predicted octanol–water partition coefficient (Wildman–Crippen LogP) is 2.66. The number of aromatic nitrogens is 5. The number of piperazine rings is 1. The number of hydrogen-bond donors (Lipinski definition) is 2. The summed E-state index contributed by atoms with van der Waals surface area (Å²) in [6, 6.07) is 13.7. The summed E-state index contributed by atoms with van der Waals surface area (Å²) in [7, 11) is 2.15. The van der Waals surface area contributed by atoms with Gasteiger partial charge in [-0.3, -0.25) is 4.79 Å². The molecule has 2 aliphatic heterocycles. The number of nitrogens with one attached hydrogen (secondary N) is 1. The van der Waals surface area contributed by atoms with Gasteiger partial charge in [0.1, 0.15) is 11.0 Å². The van der Waals surface area contributed by atoms with Crippen LogP contribution in [0.2, 0.25) is 0 Å². The zero-order valence-electron chi connectivity index (χ0n) is 22.7. The van der Waals surface area contributed by atoms with Crippen molar-refractivity contribution < 1.29 is 9.84 Å². The van der Waals surface area contributed by atoms with Gasteiger partial charge in [-0.1, -0.05) is 12.1 Å². The van der Waals surface area contributed by atoms with Gasteiger partial charge in [0, 0.05) is 69.8 Å². The van der Waals surface area contributed by atoms with E-state index in [2.05, 4.69) is 45.9 Å². The van der Waals surface area contributed by atoms with Crippen LogP contribution in [-0.2, 0) is 16.9 Å². The lowest BCUT2D eigenvalue weighted by atomic mass is 9.90. The number of aliphatic hydroxyl groups is 1. The van der Waals surface area contributed by atoms with Crippen molar-refractivity contribution in [2.45, 2.75) is 25.0 Å². The molecule has 0 saturated carbocycles. The van der Waals surface area contributed by atoms with E-state index >= 15 is 0 Å². The highest BCUT2D eigenvalue weighted by Gasteiger charge is 2.33. The molecule has 208 valence electrons. The second-order valence-corrected chi connectivity index (χ2v) is 10.4. The highest BCUT2D eigenvalue weighted by atomic mass is 16.5. The lowest BCUT2D eigenvalue weighted by molar-refractivity contribution is -0.0705. The first-order valence-electron chi connectivity index (χ1n) is 13.6. The fraction of sp³-hybridized carbons (Fsp3) is 0.379. The Hall–Kier alpha value is -4.06. The number of ether oxygens (including phenoxy) is 1. The molecule has 0 bridgehead atoms. The first-order chi connectivity index (χ1) is 19.4. The van der Waals surface area contributed by atoms with Gasteiger partial charge in [0.15, 0.2) is 11.5 Å². The van der Waals surface area contributed by atoms with E-state index in [1.54, 1.807) is 16.8 Å². The molecule has 3 aromatic heterocycles. The lowest BCUT2D eigenvalue weighted by Crippen LogP contribution is -2.44. The van der Waals surface area contributed by atoms with Gasteiger partial charge in [0.2, 0.25) is 5.95 Å². The van der Waals surface area contributed by atoms with Gasteiger partial charge in [-0.2, -0.15) is 4.98 Å². The Morgan fingerprint density at radius 2 is 1.82 bits per heavy atom. The van der Waals surface area contributed by atoms with Crippen LogP contribution in [0.5, 0.6) is 0 Å². The Kier molecular flexibility index (Phi) is 7.09. The van der Waals surface area contributed by atoms with E-state index in [0.29, 0.717) is 54.5 Å². The lowest BCUT2D eigenvalue weighted by Gasteiger charge is -2.34. The minimum atomic E-state index is -1.08. The van der Waals surface area contributed by atoms with Crippen molar-refractivity contribution in [3.8, 4) is 5.82 Å². The molecule has 4 aromatic rings. The summed E-state index contributed by atoms with van der Waals surface area (Å²) in [6.45, 7) is 9.12. The second kappa shape index (κ2) is 10.8. The van der Waals surface area contributed by atoms with Gasteiger partial charge >= 0.3 is 0 Å². The zero-order chi connectivity index (χ0) is 27.7. The van der Waals surface area contributed by atoms with Crippen LogP contribution < -0.4 is 15.8 Å². The third-order valence-electron chi connectivity index (χ3n) is 7.72. The first kappa shape index (κ1) is 26.2. The highest BCUT2D eigenvalue weighted by molar-refractivity contribution is 5.77. The summed E-state index contributed by atoms with van der Waals surface area (Å²) in [6.07, 6.45) is 4.11. The number of rotatable bonds is 7. The number of pyridine rings is 1. The van der Waals surface area contributed by atoms with Crippen LogP contribution in [0.25, 0.3) is 16.9 Å². The highest BCUT2D eigenvalue weighted by Crippen LogP contribution is 2.31. The number of fused-ring (bicyclic) bond motifs is 1. The Morgan fingerprint density at radius 1 is 1.07 bits per heavy atom. The molecule has 1 aromatic carbocycles. The normalized spacial score (nSPS) is 17.7. The van der Waals surface area contributed by atoms with E-state index in [4.69, 9.17) is 14.7 Å². The summed E-state index contributed by atoms with van der Waals surface area (Å²) in [5.74, 6) is 0.844. The van der Waals surface area contributed by atoms with Crippen molar-refractivity contribution in [1.82, 2.24) is 29.2 Å². The fourth-order valence-electron chi connectivity index (χ4n) is 5.32. The van der Waals surface area contributed by atoms with Crippen LogP contribution in [-0.4, -0.2) is 80.8 Å².